The fourth-order valence-corrected chi connectivity index (χ4v) is 1.05. The average Bonchev–Trinajstić information content (AvgIpc) is 2.02. The molecule has 0 aliphatic carbocycles. The number of aliphatic hydroxyl groups excluding tert-OH is 1. The summed E-state index contributed by atoms with van der Waals surface area (Å²) in [7, 11) is 0. The van der Waals surface area contributed by atoms with E-state index in [1.54, 1.807) is 0 Å². The van der Waals surface area contributed by atoms with E-state index in [2.05, 4.69) is 5.10 Å². The van der Waals surface area contributed by atoms with Crippen LogP contribution in [0.5, 0.6) is 0 Å². The molecule has 1 aromatic heterocycles. The lowest BCUT2D eigenvalue weighted by Crippen LogP contribution is -2.37. The molecule has 0 saturated heterocycles. The molecule has 1 aromatic rings. The van der Waals surface area contributed by atoms with Gasteiger partial charge >= 0.3 is 0 Å². The Labute approximate surface area is 76.8 Å². The topological polar surface area (TPSA) is 55.1 Å². The molecule has 4 nitrogen and oxygen atoms in total. The Kier molecular flexibility index (Phi) is 2.52. The van der Waals surface area contributed by atoms with Gasteiger partial charge in [0, 0.05) is 11.8 Å². The highest BCUT2D eigenvalue weighted by Crippen LogP contribution is 2.08. The number of nitrogens with zero attached hydrogens (tertiary/aromatic N) is 2. The maximum atomic E-state index is 11.6. The van der Waals surface area contributed by atoms with Crippen molar-refractivity contribution in [2.75, 3.05) is 0 Å². The second-order valence-corrected chi connectivity index (χ2v) is 3.90. The molecule has 0 saturated carbocycles. The van der Waals surface area contributed by atoms with Crippen molar-refractivity contribution in [1.29, 1.82) is 0 Å². The second-order valence-electron chi connectivity index (χ2n) is 3.90. The molecule has 13 heavy (non-hydrogen) atoms. The van der Waals surface area contributed by atoms with E-state index in [1.807, 2.05) is 20.8 Å². The molecule has 0 aliphatic heterocycles. The van der Waals surface area contributed by atoms with Crippen molar-refractivity contribution >= 4 is 0 Å². The van der Waals surface area contributed by atoms with Gasteiger partial charge in [0.05, 0.1) is 12.1 Å². The van der Waals surface area contributed by atoms with Gasteiger partial charge < -0.3 is 5.11 Å². The van der Waals surface area contributed by atoms with Gasteiger partial charge in [-0.25, -0.2) is 4.68 Å². The van der Waals surface area contributed by atoms with Crippen LogP contribution in [0.25, 0.3) is 0 Å². The van der Waals surface area contributed by atoms with E-state index in [4.69, 9.17) is 5.11 Å². The number of aliphatic hydroxyl groups is 1. The summed E-state index contributed by atoms with van der Waals surface area (Å²) in [4.78, 5) is 11.6. The molecule has 0 fully saturated rings. The van der Waals surface area contributed by atoms with Crippen molar-refractivity contribution in [3.63, 3.8) is 0 Å². The van der Waals surface area contributed by atoms with Gasteiger partial charge in [-0.15, -0.1) is 0 Å². The van der Waals surface area contributed by atoms with Gasteiger partial charge in [0.1, 0.15) is 0 Å². The number of hydrogen-bond donors (Lipinski definition) is 1. The molecule has 0 amide bonds. The van der Waals surface area contributed by atoms with E-state index >= 15 is 0 Å². The lowest BCUT2D eigenvalue weighted by Gasteiger charge is -2.20. The van der Waals surface area contributed by atoms with Crippen LogP contribution in [0.2, 0.25) is 0 Å². The Hall–Kier alpha value is -1.16. The normalized spacial score (nSPS) is 11.7. The zero-order chi connectivity index (χ0) is 10.1. The van der Waals surface area contributed by atoms with Crippen LogP contribution in [-0.4, -0.2) is 14.9 Å². The Bertz CT molecular complexity index is 349. The molecule has 0 bridgehead atoms. The van der Waals surface area contributed by atoms with Crippen LogP contribution in [0.3, 0.4) is 0 Å². The molecule has 0 radical (unpaired) electrons. The highest BCUT2D eigenvalue weighted by Gasteiger charge is 2.16. The molecular weight excluding hydrogens is 168 g/mol. The van der Waals surface area contributed by atoms with Crippen LogP contribution in [0.15, 0.2) is 17.1 Å². The molecule has 1 rings (SSSR count). The molecule has 1 heterocycles. The van der Waals surface area contributed by atoms with Crippen molar-refractivity contribution < 1.29 is 5.11 Å². The summed E-state index contributed by atoms with van der Waals surface area (Å²) in [6.45, 7) is 5.44. The quantitative estimate of drug-likeness (QED) is 0.687. The van der Waals surface area contributed by atoms with Gasteiger partial charge in [-0.2, -0.15) is 5.10 Å². The molecule has 0 aromatic carbocycles. The Morgan fingerprint density at radius 3 is 2.62 bits per heavy atom. The van der Waals surface area contributed by atoms with Crippen LogP contribution in [0.1, 0.15) is 26.3 Å². The molecule has 0 unspecified atom stereocenters. The van der Waals surface area contributed by atoms with E-state index in [-0.39, 0.29) is 17.7 Å². The van der Waals surface area contributed by atoms with Crippen LogP contribution in [-0.2, 0) is 12.1 Å². The van der Waals surface area contributed by atoms with Crippen molar-refractivity contribution in [1.82, 2.24) is 9.78 Å². The minimum Gasteiger partial charge on any atom is -0.391 e. The summed E-state index contributed by atoms with van der Waals surface area (Å²) >= 11 is 0. The van der Waals surface area contributed by atoms with E-state index in [0.29, 0.717) is 5.56 Å². The summed E-state index contributed by atoms with van der Waals surface area (Å²) in [5.41, 5.74) is -0.190. The first-order valence-corrected chi connectivity index (χ1v) is 4.15. The van der Waals surface area contributed by atoms with Crippen molar-refractivity contribution in [2.24, 2.45) is 0 Å². The van der Waals surface area contributed by atoms with Gasteiger partial charge in [-0.3, -0.25) is 4.79 Å². The number of aromatic nitrogens is 2. The molecule has 72 valence electrons. The summed E-state index contributed by atoms with van der Waals surface area (Å²) in [6.07, 6.45) is 1.53. The maximum Gasteiger partial charge on any atom is 0.272 e. The third kappa shape index (κ3) is 1.95. The zero-order valence-corrected chi connectivity index (χ0v) is 8.11. The first-order chi connectivity index (χ1) is 5.96. The van der Waals surface area contributed by atoms with Crippen molar-refractivity contribution in [2.45, 2.75) is 32.9 Å². The molecular formula is C9H14N2O2. The number of rotatable bonds is 1. The fraction of sp³-hybridized carbons (Fsp3) is 0.556. The van der Waals surface area contributed by atoms with Crippen LogP contribution >= 0.6 is 0 Å². The smallest absolute Gasteiger partial charge is 0.272 e. The predicted octanol–water partition coefficient (Wildman–Crippen LogP) is 0.491. The lowest BCUT2D eigenvalue weighted by molar-refractivity contribution is 0.271. The third-order valence-electron chi connectivity index (χ3n) is 1.73. The summed E-state index contributed by atoms with van der Waals surface area (Å²) in [5, 5.41) is 12.8. The van der Waals surface area contributed by atoms with E-state index < -0.39 is 0 Å². The van der Waals surface area contributed by atoms with E-state index in [0.717, 1.165) is 0 Å². The van der Waals surface area contributed by atoms with Gasteiger partial charge in [-0.05, 0) is 26.8 Å². The number of hydrogen-bond acceptors (Lipinski definition) is 3. The minimum absolute atomic E-state index is 0.225. The van der Waals surface area contributed by atoms with Gasteiger partial charge in [0.2, 0.25) is 0 Å². The Morgan fingerprint density at radius 2 is 2.15 bits per heavy atom. The Morgan fingerprint density at radius 1 is 1.54 bits per heavy atom. The van der Waals surface area contributed by atoms with Gasteiger partial charge in [0.15, 0.2) is 0 Å². The molecule has 0 aliphatic rings. The highest BCUT2D eigenvalue weighted by molar-refractivity contribution is 5.06. The molecule has 0 spiro atoms. The molecule has 1 N–H and O–H groups in total. The van der Waals surface area contributed by atoms with Crippen molar-refractivity contribution in [3.05, 3.63) is 28.2 Å². The average molecular weight is 182 g/mol. The third-order valence-corrected chi connectivity index (χ3v) is 1.73. The van der Waals surface area contributed by atoms with Crippen LogP contribution in [0.4, 0.5) is 0 Å². The standard InChI is InChI=1S/C9H14N2O2/c1-9(2,3)11-8(13)7(6-12)4-5-10-11/h4-5,12H,6H2,1-3H3. The predicted molar refractivity (Wildman–Crippen MR) is 49.4 cm³/mol. The van der Waals surface area contributed by atoms with E-state index in [9.17, 15) is 4.79 Å². The SMILES string of the molecule is CC(C)(C)n1nccc(CO)c1=O. The maximum absolute atomic E-state index is 11.6. The zero-order valence-electron chi connectivity index (χ0n) is 8.11. The van der Waals surface area contributed by atoms with Gasteiger partial charge in [0.25, 0.3) is 5.56 Å². The second kappa shape index (κ2) is 3.30. The summed E-state index contributed by atoms with van der Waals surface area (Å²) in [5.74, 6) is 0. The van der Waals surface area contributed by atoms with Crippen LogP contribution < -0.4 is 5.56 Å². The lowest BCUT2D eigenvalue weighted by atomic mass is 10.1. The van der Waals surface area contributed by atoms with Gasteiger partial charge in [-0.1, -0.05) is 0 Å². The fourth-order valence-electron chi connectivity index (χ4n) is 1.05. The first-order valence-electron chi connectivity index (χ1n) is 4.15. The van der Waals surface area contributed by atoms with E-state index in [1.165, 1.54) is 16.9 Å². The monoisotopic (exact) mass is 182 g/mol. The van der Waals surface area contributed by atoms with Crippen molar-refractivity contribution in [3.8, 4) is 0 Å². The Balaban J connectivity index is 3.33. The first kappa shape index (κ1) is 9.92. The highest BCUT2D eigenvalue weighted by atomic mass is 16.3. The van der Waals surface area contributed by atoms with Crippen LogP contribution in [0, 0.1) is 0 Å². The molecule has 0 atom stereocenters. The summed E-state index contributed by atoms with van der Waals surface area (Å²) < 4.78 is 1.37. The minimum atomic E-state index is -0.345. The molecule has 4 heteroatoms. The largest absolute Gasteiger partial charge is 0.391 e. The summed E-state index contributed by atoms with van der Waals surface area (Å²) in [6, 6.07) is 1.53.